The minimum Gasteiger partial charge on any atom is -0.469 e. The molecule has 0 saturated carbocycles. The first kappa shape index (κ1) is 12.3. The van der Waals surface area contributed by atoms with Crippen LogP contribution >= 0.6 is 0 Å². The van der Waals surface area contributed by atoms with E-state index in [1.807, 2.05) is 12.1 Å². The van der Waals surface area contributed by atoms with Gasteiger partial charge < -0.3 is 9.52 Å². The molecule has 2 unspecified atom stereocenters. The second-order valence-electron chi connectivity index (χ2n) is 5.44. The highest BCUT2D eigenvalue weighted by Crippen LogP contribution is 2.29. The lowest BCUT2D eigenvalue weighted by Crippen LogP contribution is -2.23. The maximum Gasteiger partial charge on any atom is 0.106 e. The second kappa shape index (κ2) is 4.84. The molecule has 0 aliphatic carbocycles. The van der Waals surface area contributed by atoms with E-state index in [2.05, 4.69) is 27.7 Å². The van der Waals surface area contributed by atoms with Crippen LogP contribution in [-0.4, -0.2) is 11.2 Å². The fraction of sp³-hybridized carbons (Fsp3) is 0.692. The third-order valence-corrected chi connectivity index (χ3v) is 3.12. The van der Waals surface area contributed by atoms with Gasteiger partial charge in [-0.2, -0.15) is 0 Å². The van der Waals surface area contributed by atoms with E-state index in [4.69, 9.17) is 4.42 Å². The Morgan fingerprint density at radius 2 is 2.07 bits per heavy atom. The van der Waals surface area contributed by atoms with Gasteiger partial charge in [0.1, 0.15) is 5.76 Å². The molecule has 15 heavy (non-hydrogen) atoms. The fourth-order valence-electron chi connectivity index (χ4n) is 1.51. The number of aliphatic hydroxyl groups is 1. The lowest BCUT2D eigenvalue weighted by atomic mass is 9.78. The number of rotatable bonds is 4. The Morgan fingerprint density at radius 1 is 1.40 bits per heavy atom. The Kier molecular flexibility index (Phi) is 3.97. The molecule has 1 aromatic heterocycles. The Hall–Kier alpha value is -0.760. The maximum absolute atomic E-state index is 9.89. The third kappa shape index (κ3) is 4.08. The molecule has 1 aromatic rings. The third-order valence-electron chi connectivity index (χ3n) is 3.12. The fourth-order valence-corrected chi connectivity index (χ4v) is 1.51. The van der Waals surface area contributed by atoms with E-state index in [0.717, 1.165) is 12.2 Å². The van der Waals surface area contributed by atoms with Crippen molar-refractivity contribution in [1.29, 1.82) is 0 Å². The summed E-state index contributed by atoms with van der Waals surface area (Å²) in [6, 6.07) is 3.76. The Morgan fingerprint density at radius 3 is 2.53 bits per heavy atom. The van der Waals surface area contributed by atoms with Gasteiger partial charge in [0.2, 0.25) is 0 Å². The summed E-state index contributed by atoms with van der Waals surface area (Å²) < 4.78 is 5.21. The highest BCUT2D eigenvalue weighted by Gasteiger charge is 2.23. The summed E-state index contributed by atoms with van der Waals surface area (Å²) in [5, 5.41) is 9.89. The zero-order valence-electron chi connectivity index (χ0n) is 10.2. The molecule has 0 spiro atoms. The van der Waals surface area contributed by atoms with E-state index in [1.165, 1.54) is 0 Å². The summed E-state index contributed by atoms with van der Waals surface area (Å²) in [6.45, 7) is 8.80. The summed E-state index contributed by atoms with van der Waals surface area (Å²) >= 11 is 0. The molecular weight excluding hydrogens is 188 g/mol. The molecule has 0 bridgehead atoms. The van der Waals surface area contributed by atoms with Crippen LogP contribution in [0.1, 0.15) is 39.9 Å². The summed E-state index contributed by atoms with van der Waals surface area (Å²) in [7, 11) is 0. The summed E-state index contributed by atoms with van der Waals surface area (Å²) in [5.74, 6) is 1.37. The van der Waals surface area contributed by atoms with Crippen molar-refractivity contribution >= 4 is 0 Å². The number of furan rings is 1. The summed E-state index contributed by atoms with van der Waals surface area (Å²) in [6.07, 6.45) is 2.79. The van der Waals surface area contributed by atoms with Crippen molar-refractivity contribution in [3.63, 3.8) is 0 Å². The van der Waals surface area contributed by atoms with Crippen molar-refractivity contribution in [2.45, 2.75) is 46.6 Å². The van der Waals surface area contributed by atoms with Crippen molar-refractivity contribution in [2.75, 3.05) is 0 Å². The van der Waals surface area contributed by atoms with Crippen molar-refractivity contribution in [1.82, 2.24) is 0 Å². The van der Waals surface area contributed by atoms with Gasteiger partial charge in [-0.25, -0.2) is 0 Å². The van der Waals surface area contributed by atoms with E-state index >= 15 is 0 Å². The van der Waals surface area contributed by atoms with E-state index in [-0.39, 0.29) is 11.5 Å². The minimum absolute atomic E-state index is 0.254. The average Bonchev–Trinajstić information content (AvgIpc) is 2.54. The standard InChI is InChI=1S/C13H22O2/c1-10(13(2,3)4)8-11(14)9-12-6-5-7-15-12/h5-7,10-11,14H,8-9H2,1-4H3. The van der Waals surface area contributed by atoms with Gasteiger partial charge in [-0.1, -0.05) is 27.7 Å². The molecule has 0 aromatic carbocycles. The van der Waals surface area contributed by atoms with Gasteiger partial charge in [0.25, 0.3) is 0 Å². The molecule has 0 saturated heterocycles. The van der Waals surface area contributed by atoms with Crippen molar-refractivity contribution in [2.24, 2.45) is 11.3 Å². The number of hydrogen-bond donors (Lipinski definition) is 1. The Balaban J connectivity index is 2.39. The average molecular weight is 210 g/mol. The molecule has 0 radical (unpaired) electrons. The molecule has 2 atom stereocenters. The molecule has 86 valence electrons. The van der Waals surface area contributed by atoms with Crippen LogP contribution < -0.4 is 0 Å². The second-order valence-corrected chi connectivity index (χ2v) is 5.44. The van der Waals surface area contributed by atoms with Gasteiger partial charge >= 0.3 is 0 Å². The zero-order valence-corrected chi connectivity index (χ0v) is 10.2. The smallest absolute Gasteiger partial charge is 0.106 e. The predicted octanol–water partition coefficient (Wildman–Crippen LogP) is 3.26. The first-order valence-corrected chi connectivity index (χ1v) is 5.60. The monoisotopic (exact) mass is 210 g/mol. The Labute approximate surface area is 92.3 Å². The van der Waals surface area contributed by atoms with Crippen LogP contribution in [0.2, 0.25) is 0 Å². The van der Waals surface area contributed by atoms with Crippen LogP contribution in [0.5, 0.6) is 0 Å². The lowest BCUT2D eigenvalue weighted by Gasteiger charge is -2.28. The van der Waals surface area contributed by atoms with Crippen molar-refractivity contribution < 1.29 is 9.52 Å². The quantitative estimate of drug-likeness (QED) is 0.827. The van der Waals surface area contributed by atoms with Gasteiger partial charge in [-0.3, -0.25) is 0 Å². The summed E-state index contributed by atoms with van der Waals surface area (Å²) in [5.41, 5.74) is 0.254. The number of aliphatic hydroxyl groups excluding tert-OH is 1. The van der Waals surface area contributed by atoms with Crippen LogP contribution in [0, 0.1) is 11.3 Å². The SMILES string of the molecule is CC(CC(O)Cc1ccco1)C(C)(C)C. The van der Waals surface area contributed by atoms with Crippen LogP contribution in [0.4, 0.5) is 0 Å². The highest BCUT2D eigenvalue weighted by molar-refractivity contribution is 4.99. The van der Waals surface area contributed by atoms with Crippen LogP contribution in [0.3, 0.4) is 0 Å². The minimum atomic E-state index is -0.301. The lowest BCUT2D eigenvalue weighted by molar-refractivity contribution is 0.106. The predicted molar refractivity (Wildman–Crippen MR) is 61.7 cm³/mol. The summed E-state index contributed by atoms with van der Waals surface area (Å²) in [4.78, 5) is 0. The molecule has 0 fully saturated rings. The van der Waals surface area contributed by atoms with Gasteiger partial charge in [0.15, 0.2) is 0 Å². The molecule has 2 nitrogen and oxygen atoms in total. The van der Waals surface area contributed by atoms with Gasteiger partial charge in [0.05, 0.1) is 12.4 Å². The largest absolute Gasteiger partial charge is 0.469 e. The first-order valence-electron chi connectivity index (χ1n) is 5.60. The van der Waals surface area contributed by atoms with E-state index in [0.29, 0.717) is 12.3 Å². The zero-order chi connectivity index (χ0) is 11.5. The Bertz CT molecular complexity index is 269. The van der Waals surface area contributed by atoms with E-state index in [9.17, 15) is 5.11 Å². The normalized spacial score (nSPS) is 16.3. The molecule has 0 aliphatic rings. The van der Waals surface area contributed by atoms with Gasteiger partial charge in [-0.15, -0.1) is 0 Å². The molecule has 0 amide bonds. The van der Waals surface area contributed by atoms with E-state index in [1.54, 1.807) is 6.26 Å². The molecule has 1 N–H and O–H groups in total. The molecule has 0 aliphatic heterocycles. The maximum atomic E-state index is 9.89. The van der Waals surface area contributed by atoms with Crippen LogP contribution in [0.25, 0.3) is 0 Å². The van der Waals surface area contributed by atoms with Crippen molar-refractivity contribution in [3.8, 4) is 0 Å². The first-order chi connectivity index (χ1) is 6.89. The molecule has 1 heterocycles. The topological polar surface area (TPSA) is 33.4 Å². The van der Waals surface area contributed by atoms with Crippen LogP contribution in [0.15, 0.2) is 22.8 Å². The van der Waals surface area contributed by atoms with Crippen molar-refractivity contribution in [3.05, 3.63) is 24.2 Å². The van der Waals surface area contributed by atoms with Gasteiger partial charge in [0, 0.05) is 6.42 Å². The highest BCUT2D eigenvalue weighted by atomic mass is 16.3. The van der Waals surface area contributed by atoms with Crippen LogP contribution in [-0.2, 0) is 6.42 Å². The van der Waals surface area contributed by atoms with Gasteiger partial charge in [-0.05, 0) is 29.9 Å². The molecular formula is C13H22O2. The molecule has 2 heteroatoms. The van der Waals surface area contributed by atoms with E-state index < -0.39 is 0 Å². The number of hydrogen-bond acceptors (Lipinski definition) is 2. The molecule has 1 rings (SSSR count).